The highest BCUT2D eigenvalue weighted by molar-refractivity contribution is 7.99. The summed E-state index contributed by atoms with van der Waals surface area (Å²) in [4.78, 5) is 2.49. The summed E-state index contributed by atoms with van der Waals surface area (Å²) in [6.07, 6.45) is 0. The number of halogens is 1. The van der Waals surface area contributed by atoms with Crippen LogP contribution in [-0.2, 0) is 6.54 Å². The molecule has 0 atom stereocenters. The smallest absolute Gasteiger partial charge is 0.123 e. The molecule has 1 heterocycles. The van der Waals surface area contributed by atoms with Crippen LogP contribution in [0.5, 0.6) is 0 Å². The normalized spacial score (nSPS) is 17.0. The fourth-order valence-electron chi connectivity index (χ4n) is 2.12. The average Bonchev–Trinajstić information content (AvgIpc) is 2.40. The van der Waals surface area contributed by atoms with Gasteiger partial charge in [0.05, 0.1) is 0 Å². The predicted molar refractivity (Wildman–Crippen MR) is 76.6 cm³/mol. The molecular formula is C14H21FN2S. The molecule has 0 aliphatic carbocycles. The summed E-state index contributed by atoms with van der Waals surface area (Å²) in [6, 6.07) is 4.98. The molecule has 4 heteroatoms. The molecule has 0 aromatic heterocycles. The van der Waals surface area contributed by atoms with Gasteiger partial charge in [0, 0.05) is 44.2 Å². The monoisotopic (exact) mass is 268 g/mol. The van der Waals surface area contributed by atoms with Crippen LogP contribution in [0.1, 0.15) is 11.1 Å². The molecule has 0 amide bonds. The molecule has 2 rings (SSSR count). The fraction of sp³-hybridized carbons (Fsp3) is 0.571. The van der Waals surface area contributed by atoms with Crippen molar-refractivity contribution >= 4 is 11.8 Å². The van der Waals surface area contributed by atoms with Crippen LogP contribution in [0.15, 0.2) is 18.2 Å². The Bertz CT molecular complexity index is 378. The molecule has 0 saturated carbocycles. The third kappa shape index (κ3) is 4.26. The standard InChI is InChI=1S/C14H21FN2S/c1-12-2-3-14(15)10-13(12)11-16-4-5-17-6-8-18-9-7-17/h2-3,10,16H,4-9,11H2,1H3. The molecule has 1 aliphatic rings. The molecule has 1 N–H and O–H groups in total. The number of hydrogen-bond acceptors (Lipinski definition) is 3. The first kappa shape index (κ1) is 13.8. The number of nitrogens with one attached hydrogen (secondary N) is 1. The Morgan fingerprint density at radius 2 is 2.11 bits per heavy atom. The Morgan fingerprint density at radius 3 is 2.89 bits per heavy atom. The van der Waals surface area contributed by atoms with Crippen LogP contribution < -0.4 is 5.32 Å². The summed E-state index contributed by atoms with van der Waals surface area (Å²) in [5, 5.41) is 3.40. The maximum absolute atomic E-state index is 13.1. The molecular weight excluding hydrogens is 247 g/mol. The highest BCUT2D eigenvalue weighted by Crippen LogP contribution is 2.10. The van der Waals surface area contributed by atoms with E-state index in [2.05, 4.69) is 10.2 Å². The average molecular weight is 268 g/mol. The van der Waals surface area contributed by atoms with Crippen molar-refractivity contribution in [3.8, 4) is 0 Å². The van der Waals surface area contributed by atoms with E-state index in [1.807, 2.05) is 24.8 Å². The van der Waals surface area contributed by atoms with Gasteiger partial charge in [-0.05, 0) is 30.2 Å². The SMILES string of the molecule is Cc1ccc(F)cc1CNCCN1CCSCC1. The fourth-order valence-corrected chi connectivity index (χ4v) is 3.09. The van der Waals surface area contributed by atoms with Gasteiger partial charge in [-0.3, -0.25) is 0 Å². The second-order valence-electron chi connectivity index (χ2n) is 4.70. The van der Waals surface area contributed by atoms with Gasteiger partial charge >= 0.3 is 0 Å². The zero-order valence-electron chi connectivity index (χ0n) is 10.9. The van der Waals surface area contributed by atoms with Gasteiger partial charge in [-0.25, -0.2) is 4.39 Å². The zero-order chi connectivity index (χ0) is 12.8. The van der Waals surface area contributed by atoms with Gasteiger partial charge in [0.1, 0.15) is 5.82 Å². The molecule has 100 valence electrons. The van der Waals surface area contributed by atoms with Gasteiger partial charge in [0.25, 0.3) is 0 Å². The Morgan fingerprint density at radius 1 is 1.33 bits per heavy atom. The first-order valence-corrected chi connectivity index (χ1v) is 7.67. The van der Waals surface area contributed by atoms with Crippen LogP contribution in [0.4, 0.5) is 4.39 Å². The minimum atomic E-state index is -0.148. The number of thioether (sulfide) groups is 1. The van der Waals surface area contributed by atoms with Gasteiger partial charge in [-0.2, -0.15) is 11.8 Å². The first-order valence-electron chi connectivity index (χ1n) is 6.51. The molecule has 0 unspecified atom stereocenters. The summed E-state index contributed by atoms with van der Waals surface area (Å²) in [7, 11) is 0. The number of rotatable bonds is 5. The molecule has 1 aromatic carbocycles. The van der Waals surface area contributed by atoms with Gasteiger partial charge in [-0.1, -0.05) is 6.07 Å². The van der Waals surface area contributed by atoms with E-state index in [0.29, 0.717) is 0 Å². The Hall–Kier alpha value is -0.580. The summed E-state index contributed by atoms with van der Waals surface area (Å²) in [5.74, 6) is 2.36. The van der Waals surface area contributed by atoms with Crippen molar-refractivity contribution < 1.29 is 4.39 Å². The Kier molecular flexibility index (Phi) is 5.47. The second-order valence-corrected chi connectivity index (χ2v) is 5.93. The third-order valence-electron chi connectivity index (χ3n) is 3.34. The third-order valence-corrected chi connectivity index (χ3v) is 4.28. The predicted octanol–water partition coefficient (Wildman–Crippen LogP) is 2.27. The number of nitrogens with zero attached hydrogens (tertiary/aromatic N) is 1. The Balaban J connectivity index is 1.69. The van der Waals surface area contributed by atoms with E-state index in [9.17, 15) is 4.39 Å². The lowest BCUT2D eigenvalue weighted by atomic mass is 10.1. The number of benzene rings is 1. The maximum atomic E-state index is 13.1. The second kappa shape index (κ2) is 7.12. The minimum Gasteiger partial charge on any atom is -0.311 e. The van der Waals surface area contributed by atoms with Crippen molar-refractivity contribution in [3.05, 3.63) is 35.1 Å². The topological polar surface area (TPSA) is 15.3 Å². The van der Waals surface area contributed by atoms with Crippen LogP contribution in [0, 0.1) is 12.7 Å². The van der Waals surface area contributed by atoms with E-state index in [1.165, 1.54) is 30.7 Å². The summed E-state index contributed by atoms with van der Waals surface area (Å²) in [5.41, 5.74) is 2.21. The van der Waals surface area contributed by atoms with Crippen molar-refractivity contribution in [2.45, 2.75) is 13.5 Å². The van der Waals surface area contributed by atoms with Crippen molar-refractivity contribution in [1.82, 2.24) is 10.2 Å². The van der Waals surface area contributed by atoms with E-state index < -0.39 is 0 Å². The summed E-state index contributed by atoms with van der Waals surface area (Å²) in [6.45, 7) is 7.25. The van der Waals surface area contributed by atoms with Crippen LogP contribution in [0.2, 0.25) is 0 Å². The number of aryl methyl sites for hydroxylation is 1. The first-order chi connectivity index (χ1) is 8.75. The quantitative estimate of drug-likeness (QED) is 0.825. The van der Waals surface area contributed by atoms with Crippen LogP contribution in [0.25, 0.3) is 0 Å². The molecule has 1 aliphatic heterocycles. The highest BCUT2D eigenvalue weighted by Gasteiger charge is 2.09. The van der Waals surface area contributed by atoms with Crippen LogP contribution >= 0.6 is 11.8 Å². The van der Waals surface area contributed by atoms with Gasteiger partial charge in [0.2, 0.25) is 0 Å². The van der Waals surface area contributed by atoms with Crippen molar-refractivity contribution in [1.29, 1.82) is 0 Å². The molecule has 1 saturated heterocycles. The van der Waals surface area contributed by atoms with Gasteiger partial charge < -0.3 is 10.2 Å². The maximum Gasteiger partial charge on any atom is 0.123 e. The van der Waals surface area contributed by atoms with E-state index in [0.717, 1.165) is 30.8 Å². The molecule has 18 heavy (non-hydrogen) atoms. The largest absolute Gasteiger partial charge is 0.311 e. The molecule has 0 spiro atoms. The van der Waals surface area contributed by atoms with Crippen molar-refractivity contribution in [3.63, 3.8) is 0 Å². The van der Waals surface area contributed by atoms with E-state index in [-0.39, 0.29) is 5.82 Å². The zero-order valence-corrected chi connectivity index (χ0v) is 11.7. The molecule has 1 fully saturated rings. The molecule has 2 nitrogen and oxygen atoms in total. The molecule has 1 aromatic rings. The summed E-state index contributed by atoms with van der Waals surface area (Å²) < 4.78 is 13.1. The lowest BCUT2D eigenvalue weighted by Crippen LogP contribution is -2.37. The Labute approximate surface area is 113 Å². The number of hydrogen-bond donors (Lipinski definition) is 1. The lowest BCUT2D eigenvalue weighted by Gasteiger charge is -2.26. The van der Waals surface area contributed by atoms with E-state index >= 15 is 0 Å². The van der Waals surface area contributed by atoms with Gasteiger partial charge in [0.15, 0.2) is 0 Å². The van der Waals surface area contributed by atoms with E-state index in [4.69, 9.17) is 0 Å². The van der Waals surface area contributed by atoms with Crippen molar-refractivity contribution in [2.75, 3.05) is 37.7 Å². The minimum absolute atomic E-state index is 0.148. The van der Waals surface area contributed by atoms with Crippen molar-refractivity contribution in [2.24, 2.45) is 0 Å². The van der Waals surface area contributed by atoms with E-state index in [1.54, 1.807) is 6.07 Å². The highest BCUT2D eigenvalue weighted by atomic mass is 32.2. The van der Waals surface area contributed by atoms with Crippen LogP contribution in [0.3, 0.4) is 0 Å². The lowest BCUT2D eigenvalue weighted by molar-refractivity contribution is 0.301. The van der Waals surface area contributed by atoms with Gasteiger partial charge in [-0.15, -0.1) is 0 Å². The molecule has 0 bridgehead atoms. The van der Waals surface area contributed by atoms with Crippen LogP contribution in [-0.4, -0.2) is 42.6 Å². The molecule has 0 radical (unpaired) electrons. The summed E-state index contributed by atoms with van der Waals surface area (Å²) >= 11 is 2.03.